The van der Waals surface area contributed by atoms with E-state index in [4.69, 9.17) is 28.2 Å². The van der Waals surface area contributed by atoms with Gasteiger partial charge < -0.3 is 9.73 Å². The zero-order chi connectivity index (χ0) is 19.4. The largest absolute Gasteiger partial charge is 0.457 e. The molecule has 2 heterocycles. The molecular weight excluding hydrogens is 404 g/mol. The van der Waals surface area contributed by atoms with E-state index >= 15 is 0 Å². The molecule has 2 aromatic rings. The number of nitrogens with one attached hydrogen (secondary N) is 1. The highest BCUT2D eigenvalue weighted by molar-refractivity contribution is 8.26. The molecule has 0 radical (unpaired) electrons. The fourth-order valence-electron chi connectivity index (χ4n) is 2.39. The van der Waals surface area contributed by atoms with Gasteiger partial charge in [0.05, 0.1) is 9.93 Å². The maximum absolute atomic E-state index is 12.5. The van der Waals surface area contributed by atoms with Gasteiger partial charge in [-0.2, -0.15) is 0 Å². The summed E-state index contributed by atoms with van der Waals surface area (Å²) < 4.78 is 6.12. The average molecular weight is 419 g/mol. The van der Waals surface area contributed by atoms with Crippen LogP contribution >= 0.6 is 35.6 Å². The number of hydrogen-bond donors (Lipinski definition) is 1. The lowest BCUT2D eigenvalue weighted by molar-refractivity contribution is -0.128. The SMILES string of the molecule is C=CCNC(=O)CN1C(=O)C(=Cc2ccc(-c3ccccc3Cl)o2)SC1=S. The van der Waals surface area contributed by atoms with Crippen molar-refractivity contribution in [3.63, 3.8) is 0 Å². The summed E-state index contributed by atoms with van der Waals surface area (Å²) >= 11 is 12.5. The van der Waals surface area contributed by atoms with E-state index in [0.717, 1.165) is 17.3 Å². The third-order valence-corrected chi connectivity index (χ3v) is 5.37. The monoisotopic (exact) mass is 418 g/mol. The molecule has 5 nitrogen and oxygen atoms in total. The summed E-state index contributed by atoms with van der Waals surface area (Å²) in [4.78, 5) is 26.0. The molecule has 8 heteroatoms. The van der Waals surface area contributed by atoms with Gasteiger partial charge in [0.1, 0.15) is 22.4 Å². The Labute approximate surface area is 171 Å². The van der Waals surface area contributed by atoms with Crippen molar-refractivity contribution in [1.82, 2.24) is 10.2 Å². The first kappa shape index (κ1) is 19.4. The number of thiocarbonyl (C=S) groups is 1. The zero-order valence-corrected chi connectivity index (χ0v) is 16.5. The lowest BCUT2D eigenvalue weighted by Gasteiger charge is -2.13. The lowest BCUT2D eigenvalue weighted by atomic mass is 10.2. The lowest BCUT2D eigenvalue weighted by Crippen LogP contribution is -2.39. The van der Waals surface area contributed by atoms with E-state index in [9.17, 15) is 9.59 Å². The van der Waals surface area contributed by atoms with Crippen molar-refractivity contribution in [2.45, 2.75) is 0 Å². The smallest absolute Gasteiger partial charge is 0.266 e. The number of nitrogens with zero attached hydrogens (tertiary/aromatic N) is 1. The molecule has 1 aliphatic heterocycles. The van der Waals surface area contributed by atoms with E-state index in [-0.39, 0.29) is 18.4 Å². The van der Waals surface area contributed by atoms with Crippen molar-refractivity contribution >= 4 is 57.8 Å². The molecule has 27 heavy (non-hydrogen) atoms. The van der Waals surface area contributed by atoms with Gasteiger partial charge in [0, 0.05) is 18.2 Å². The van der Waals surface area contributed by atoms with E-state index in [1.165, 1.54) is 4.90 Å². The Morgan fingerprint density at radius 2 is 2.11 bits per heavy atom. The Morgan fingerprint density at radius 1 is 1.33 bits per heavy atom. The maximum Gasteiger partial charge on any atom is 0.266 e. The molecule has 1 aromatic carbocycles. The molecule has 1 aliphatic rings. The normalized spacial score (nSPS) is 15.4. The first-order valence-electron chi connectivity index (χ1n) is 7.97. The fourth-order valence-corrected chi connectivity index (χ4v) is 3.85. The summed E-state index contributed by atoms with van der Waals surface area (Å²) in [7, 11) is 0. The van der Waals surface area contributed by atoms with E-state index < -0.39 is 0 Å². The number of rotatable bonds is 6. The second kappa shape index (κ2) is 8.56. The Morgan fingerprint density at radius 3 is 2.85 bits per heavy atom. The highest BCUT2D eigenvalue weighted by Crippen LogP contribution is 2.34. The number of furan rings is 1. The molecule has 0 aliphatic carbocycles. The molecule has 0 saturated carbocycles. The van der Waals surface area contributed by atoms with Gasteiger partial charge in [0.15, 0.2) is 0 Å². The van der Waals surface area contributed by atoms with Gasteiger partial charge in [-0.15, -0.1) is 6.58 Å². The molecule has 0 atom stereocenters. The standard InChI is InChI=1S/C19H15ClN2O3S2/c1-2-9-21-17(23)11-22-18(24)16(27-19(22)26)10-12-7-8-15(25-12)13-5-3-4-6-14(13)20/h2-8,10H,1,9,11H2,(H,21,23). The summed E-state index contributed by atoms with van der Waals surface area (Å²) in [5.74, 6) is 0.480. The van der Waals surface area contributed by atoms with Crippen molar-refractivity contribution in [1.29, 1.82) is 0 Å². The molecule has 1 aromatic heterocycles. The van der Waals surface area contributed by atoms with Gasteiger partial charge >= 0.3 is 0 Å². The number of thioether (sulfide) groups is 1. The van der Waals surface area contributed by atoms with Crippen LogP contribution in [-0.4, -0.2) is 34.1 Å². The van der Waals surface area contributed by atoms with Crippen molar-refractivity contribution in [2.24, 2.45) is 0 Å². The quantitative estimate of drug-likeness (QED) is 0.434. The number of carbonyl (C=O) groups excluding carboxylic acids is 2. The fraction of sp³-hybridized carbons (Fsp3) is 0.105. The highest BCUT2D eigenvalue weighted by Gasteiger charge is 2.33. The van der Waals surface area contributed by atoms with Crippen LogP contribution in [0.2, 0.25) is 5.02 Å². The molecule has 1 saturated heterocycles. The van der Waals surface area contributed by atoms with Crippen molar-refractivity contribution in [3.8, 4) is 11.3 Å². The van der Waals surface area contributed by atoms with E-state index in [2.05, 4.69) is 11.9 Å². The van der Waals surface area contributed by atoms with Crippen LogP contribution in [0.4, 0.5) is 0 Å². The van der Waals surface area contributed by atoms with Crippen LogP contribution in [0.1, 0.15) is 5.76 Å². The highest BCUT2D eigenvalue weighted by atomic mass is 35.5. The predicted octanol–water partition coefficient (Wildman–Crippen LogP) is 4.10. The van der Waals surface area contributed by atoms with Gasteiger partial charge in [0.25, 0.3) is 5.91 Å². The number of amides is 2. The molecule has 0 bridgehead atoms. The summed E-state index contributed by atoms with van der Waals surface area (Å²) in [6, 6.07) is 10.9. The van der Waals surface area contributed by atoms with Gasteiger partial charge in [-0.05, 0) is 24.3 Å². The molecule has 0 unspecified atom stereocenters. The number of halogens is 1. The summed E-state index contributed by atoms with van der Waals surface area (Å²) in [6.07, 6.45) is 3.18. The minimum atomic E-state index is -0.325. The topological polar surface area (TPSA) is 62.6 Å². The molecule has 138 valence electrons. The zero-order valence-electron chi connectivity index (χ0n) is 14.1. The Balaban J connectivity index is 1.75. The van der Waals surface area contributed by atoms with Crippen LogP contribution in [0.25, 0.3) is 17.4 Å². The molecular formula is C19H15ClN2O3S2. The third kappa shape index (κ3) is 4.50. The summed E-state index contributed by atoms with van der Waals surface area (Å²) in [5, 5.41) is 3.20. The first-order chi connectivity index (χ1) is 13.0. The molecule has 3 rings (SSSR count). The van der Waals surface area contributed by atoms with Gasteiger partial charge in [0.2, 0.25) is 5.91 Å². The predicted molar refractivity (Wildman–Crippen MR) is 112 cm³/mol. The number of benzene rings is 1. The van der Waals surface area contributed by atoms with Gasteiger partial charge in [-0.1, -0.05) is 53.8 Å². The summed E-state index contributed by atoms with van der Waals surface area (Å²) in [6.45, 7) is 3.74. The van der Waals surface area contributed by atoms with Crippen LogP contribution in [0.5, 0.6) is 0 Å². The minimum absolute atomic E-state index is 0.126. The van der Waals surface area contributed by atoms with Crippen molar-refractivity contribution in [2.75, 3.05) is 13.1 Å². The molecule has 0 spiro atoms. The Bertz CT molecular complexity index is 952. The first-order valence-corrected chi connectivity index (χ1v) is 9.57. The van der Waals surface area contributed by atoms with Gasteiger partial charge in [-0.25, -0.2) is 0 Å². The number of hydrogen-bond acceptors (Lipinski definition) is 5. The van der Waals surface area contributed by atoms with E-state index in [1.807, 2.05) is 18.2 Å². The van der Waals surface area contributed by atoms with Crippen LogP contribution in [0.15, 0.2) is 58.4 Å². The van der Waals surface area contributed by atoms with E-state index in [0.29, 0.717) is 32.3 Å². The van der Waals surface area contributed by atoms with Crippen LogP contribution in [-0.2, 0) is 9.59 Å². The van der Waals surface area contributed by atoms with Crippen molar-refractivity contribution in [3.05, 3.63) is 64.7 Å². The Kier molecular flexibility index (Phi) is 6.15. The second-order valence-electron chi connectivity index (χ2n) is 5.54. The summed E-state index contributed by atoms with van der Waals surface area (Å²) in [5.41, 5.74) is 0.769. The van der Waals surface area contributed by atoms with Crippen LogP contribution in [0, 0.1) is 0 Å². The van der Waals surface area contributed by atoms with Gasteiger partial charge in [-0.3, -0.25) is 14.5 Å². The maximum atomic E-state index is 12.5. The molecule has 2 amide bonds. The third-order valence-electron chi connectivity index (χ3n) is 3.66. The Hall–Kier alpha value is -2.35. The minimum Gasteiger partial charge on any atom is -0.457 e. The van der Waals surface area contributed by atoms with E-state index in [1.54, 1.807) is 30.4 Å². The average Bonchev–Trinajstić information content (AvgIpc) is 3.21. The molecule has 1 N–H and O–H groups in total. The number of carbonyl (C=O) groups is 2. The van der Waals surface area contributed by atoms with Crippen LogP contribution in [0.3, 0.4) is 0 Å². The second-order valence-corrected chi connectivity index (χ2v) is 7.63. The van der Waals surface area contributed by atoms with Crippen LogP contribution < -0.4 is 5.32 Å². The molecule has 1 fully saturated rings. The van der Waals surface area contributed by atoms with Crippen molar-refractivity contribution < 1.29 is 14.0 Å².